The van der Waals surface area contributed by atoms with Gasteiger partial charge in [0.15, 0.2) is 5.67 Å². The highest BCUT2D eigenvalue weighted by Crippen LogP contribution is 2.27. The zero-order valence-electron chi connectivity index (χ0n) is 23.1. The number of hydrogen-bond donors (Lipinski definition) is 1. The number of halogens is 2. The fourth-order valence-electron chi connectivity index (χ4n) is 4.13. The zero-order valence-corrected chi connectivity index (χ0v) is 23.1. The van der Waals surface area contributed by atoms with Crippen LogP contribution in [0.3, 0.4) is 0 Å². The molecule has 2 aromatic carbocycles. The number of rotatable bonds is 15. The molecule has 40 heavy (non-hydrogen) atoms. The SMILES string of the molecule is C/C=C\CCCC(=O)NCc1ccccc1CO[N+](=O)[O-].FCC(F)(/C=C/C1CCCC1)COc1ccccc1. The first-order valence-electron chi connectivity index (χ1n) is 13.7. The minimum Gasteiger partial charge on any atom is -0.490 e. The van der Waals surface area contributed by atoms with Gasteiger partial charge in [0.1, 0.15) is 25.6 Å². The summed E-state index contributed by atoms with van der Waals surface area (Å²) in [5.74, 6) is 0.940. The molecule has 0 heterocycles. The first-order valence-corrected chi connectivity index (χ1v) is 13.7. The summed E-state index contributed by atoms with van der Waals surface area (Å²) in [4.78, 5) is 26.3. The minimum absolute atomic E-state index is 0.0236. The van der Waals surface area contributed by atoms with Crippen molar-refractivity contribution in [1.82, 2.24) is 5.32 Å². The minimum atomic E-state index is -2.02. The van der Waals surface area contributed by atoms with Gasteiger partial charge in [-0.25, -0.2) is 8.78 Å². The Bertz CT molecular complexity index is 1070. The van der Waals surface area contributed by atoms with Gasteiger partial charge in [0.2, 0.25) is 5.91 Å². The van der Waals surface area contributed by atoms with E-state index in [2.05, 4.69) is 10.2 Å². The number of carbonyl (C=O) groups excluding carboxylic acids is 1. The topological polar surface area (TPSA) is 90.7 Å². The van der Waals surface area contributed by atoms with Crippen molar-refractivity contribution in [2.24, 2.45) is 5.92 Å². The standard InChI is InChI=1S/C16H20F2O.C15H20N2O4/c17-12-16(18,11-10-14-6-4-5-7-14)13-19-15-8-2-1-3-9-15;1-2-3-4-5-10-15(18)16-11-13-8-6-7-9-14(13)12-21-17(19)20/h1-3,8-11,14H,4-7,12-13H2;2-3,6-9H,4-5,10-12H2,1H3,(H,16,18)/b11-10+;3-2-. The van der Waals surface area contributed by atoms with Crippen LogP contribution in [0.25, 0.3) is 0 Å². The van der Waals surface area contributed by atoms with Gasteiger partial charge in [-0.05, 0) is 67.9 Å². The van der Waals surface area contributed by atoms with Gasteiger partial charge in [-0.2, -0.15) is 0 Å². The average molecular weight is 559 g/mol. The van der Waals surface area contributed by atoms with Crippen molar-refractivity contribution in [2.45, 2.75) is 70.7 Å². The lowest BCUT2D eigenvalue weighted by Crippen LogP contribution is -2.31. The molecule has 218 valence electrons. The maximum absolute atomic E-state index is 14.3. The van der Waals surface area contributed by atoms with Crippen molar-refractivity contribution >= 4 is 5.91 Å². The van der Waals surface area contributed by atoms with E-state index in [0.717, 1.165) is 31.2 Å². The van der Waals surface area contributed by atoms with Gasteiger partial charge in [0.05, 0.1) is 0 Å². The van der Waals surface area contributed by atoms with Crippen LogP contribution in [0.4, 0.5) is 8.78 Å². The summed E-state index contributed by atoms with van der Waals surface area (Å²) in [6.07, 6.45) is 13.9. The molecule has 1 amide bonds. The predicted molar refractivity (Wildman–Crippen MR) is 152 cm³/mol. The van der Waals surface area contributed by atoms with Crippen LogP contribution in [-0.2, 0) is 22.8 Å². The molecular weight excluding hydrogens is 518 g/mol. The van der Waals surface area contributed by atoms with Crippen molar-refractivity contribution in [1.29, 1.82) is 0 Å². The Morgan fingerprint density at radius 1 is 1.12 bits per heavy atom. The van der Waals surface area contributed by atoms with Crippen LogP contribution < -0.4 is 10.1 Å². The van der Waals surface area contributed by atoms with E-state index < -0.39 is 17.4 Å². The van der Waals surface area contributed by atoms with Gasteiger partial charge in [-0.15, -0.1) is 10.1 Å². The Hall–Kier alpha value is -3.75. The van der Waals surface area contributed by atoms with E-state index in [1.54, 1.807) is 36.4 Å². The van der Waals surface area contributed by atoms with Crippen LogP contribution in [0.1, 0.15) is 63.0 Å². The molecule has 2 aromatic rings. The zero-order chi connectivity index (χ0) is 29.1. The Labute approximate surface area is 235 Å². The van der Waals surface area contributed by atoms with Crippen molar-refractivity contribution in [3.05, 3.63) is 100 Å². The van der Waals surface area contributed by atoms with Gasteiger partial charge in [-0.3, -0.25) is 4.79 Å². The fourth-order valence-corrected chi connectivity index (χ4v) is 4.13. The number of ether oxygens (including phenoxy) is 1. The highest BCUT2D eigenvalue weighted by Gasteiger charge is 2.28. The summed E-state index contributed by atoms with van der Waals surface area (Å²) in [6, 6.07) is 16.1. The maximum Gasteiger partial charge on any atom is 0.294 e. The number of nitrogens with zero attached hydrogens (tertiary/aromatic N) is 1. The average Bonchev–Trinajstić information content (AvgIpc) is 3.50. The summed E-state index contributed by atoms with van der Waals surface area (Å²) >= 11 is 0. The number of hydrogen-bond acceptors (Lipinski definition) is 5. The molecule has 1 atom stereocenters. The second-order valence-corrected chi connectivity index (χ2v) is 9.68. The predicted octanol–water partition coefficient (Wildman–Crippen LogP) is 7.25. The molecule has 1 unspecified atom stereocenters. The van der Waals surface area contributed by atoms with E-state index in [9.17, 15) is 23.7 Å². The third-order valence-electron chi connectivity index (χ3n) is 6.44. The molecule has 1 aliphatic carbocycles. The highest BCUT2D eigenvalue weighted by molar-refractivity contribution is 5.75. The van der Waals surface area contributed by atoms with Gasteiger partial charge in [0.25, 0.3) is 5.09 Å². The Morgan fingerprint density at radius 2 is 1.80 bits per heavy atom. The number of amides is 1. The molecule has 0 saturated heterocycles. The van der Waals surface area contributed by atoms with Crippen molar-refractivity contribution in [3.8, 4) is 5.75 Å². The van der Waals surface area contributed by atoms with Crippen molar-refractivity contribution < 1.29 is 28.2 Å². The number of benzene rings is 2. The molecule has 7 nitrogen and oxygen atoms in total. The highest BCUT2D eigenvalue weighted by atomic mass is 19.2. The normalized spacial score (nSPS) is 14.9. The van der Waals surface area contributed by atoms with E-state index in [0.29, 0.717) is 30.2 Å². The van der Waals surface area contributed by atoms with Gasteiger partial charge in [-0.1, -0.05) is 73.5 Å². The molecule has 1 N–H and O–H groups in total. The first kappa shape index (κ1) is 32.5. The number of alkyl halides is 2. The first-order chi connectivity index (χ1) is 19.3. The third kappa shape index (κ3) is 13.4. The van der Waals surface area contributed by atoms with Crippen molar-refractivity contribution in [3.63, 3.8) is 0 Å². The molecule has 0 aromatic heterocycles. The quantitative estimate of drug-likeness (QED) is 0.108. The number of nitrogens with one attached hydrogen (secondary N) is 1. The molecule has 0 radical (unpaired) electrons. The summed E-state index contributed by atoms with van der Waals surface area (Å²) in [5, 5.41) is 12.2. The second-order valence-electron chi connectivity index (χ2n) is 9.68. The van der Waals surface area contributed by atoms with Crippen LogP contribution in [0.2, 0.25) is 0 Å². The van der Waals surface area contributed by atoms with Crippen molar-refractivity contribution in [2.75, 3.05) is 13.3 Å². The number of para-hydroxylation sites is 1. The Kier molecular flexibility index (Phi) is 15.0. The number of allylic oxidation sites excluding steroid dienone is 3. The van der Waals surface area contributed by atoms with Crippen LogP contribution in [-0.4, -0.2) is 29.9 Å². The Morgan fingerprint density at radius 3 is 2.45 bits per heavy atom. The molecule has 1 aliphatic rings. The van der Waals surface area contributed by atoms with E-state index in [-0.39, 0.29) is 19.1 Å². The third-order valence-corrected chi connectivity index (χ3v) is 6.44. The summed E-state index contributed by atoms with van der Waals surface area (Å²) in [5.41, 5.74) is -0.497. The summed E-state index contributed by atoms with van der Waals surface area (Å²) in [7, 11) is 0. The van der Waals surface area contributed by atoms with Gasteiger partial charge >= 0.3 is 0 Å². The maximum atomic E-state index is 14.3. The molecule has 0 spiro atoms. The molecule has 3 rings (SSSR count). The molecule has 0 bridgehead atoms. The van der Waals surface area contributed by atoms with Gasteiger partial charge in [0, 0.05) is 13.0 Å². The van der Waals surface area contributed by atoms with Gasteiger partial charge < -0.3 is 14.9 Å². The lowest BCUT2D eigenvalue weighted by atomic mass is 10.0. The van der Waals surface area contributed by atoms with Crippen LogP contribution in [0.5, 0.6) is 5.75 Å². The summed E-state index contributed by atoms with van der Waals surface area (Å²) in [6.45, 7) is 0.851. The molecule has 0 aliphatic heterocycles. The largest absolute Gasteiger partial charge is 0.490 e. The summed E-state index contributed by atoms with van der Waals surface area (Å²) < 4.78 is 32.5. The molecule has 1 fully saturated rings. The number of carbonyl (C=O) groups is 1. The van der Waals surface area contributed by atoms with E-state index in [1.807, 2.05) is 43.4 Å². The molecule has 9 heteroatoms. The van der Waals surface area contributed by atoms with Crippen LogP contribution in [0, 0.1) is 16.0 Å². The van der Waals surface area contributed by atoms with Crippen LogP contribution in [0.15, 0.2) is 78.9 Å². The fraction of sp³-hybridized carbons (Fsp3) is 0.452. The number of unbranched alkanes of at least 4 members (excludes halogenated alkanes) is 1. The molecular formula is C31H40F2N2O5. The lowest BCUT2D eigenvalue weighted by molar-refractivity contribution is -0.763. The Balaban J connectivity index is 0.000000281. The lowest BCUT2D eigenvalue weighted by Gasteiger charge is -2.19. The monoisotopic (exact) mass is 558 g/mol. The second kappa shape index (κ2) is 18.5. The smallest absolute Gasteiger partial charge is 0.294 e. The molecule has 1 saturated carbocycles. The van der Waals surface area contributed by atoms with E-state index in [1.165, 1.54) is 18.9 Å². The van der Waals surface area contributed by atoms with E-state index >= 15 is 0 Å². The van der Waals surface area contributed by atoms with Crippen LogP contribution >= 0.6 is 0 Å². The van der Waals surface area contributed by atoms with E-state index in [4.69, 9.17) is 4.74 Å².